The Morgan fingerprint density at radius 1 is 1.20 bits per heavy atom. The first kappa shape index (κ1) is 14.3. The minimum absolute atomic E-state index is 0.392. The van der Waals surface area contributed by atoms with E-state index in [4.69, 9.17) is 9.47 Å². The summed E-state index contributed by atoms with van der Waals surface area (Å²) in [6.07, 6.45) is -0.647. The second-order valence-corrected chi connectivity index (χ2v) is 5.02. The van der Waals surface area contributed by atoms with E-state index in [1.807, 2.05) is 32.9 Å². The Morgan fingerprint density at radius 3 is 2.55 bits per heavy atom. The summed E-state index contributed by atoms with van der Waals surface area (Å²) in [4.78, 5) is 16.1. The monoisotopic (exact) mass is 273 g/mol. The SMILES string of the molecule is COC(=O)C(C)Oc1cc(C)nc2c(C)cc(C)cc12. The third-order valence-corrected chi connectivity index (χ3v) is 3.18. The van der Waals surface area contributed by atoms with Crippen molar-refractivity contribution in [2.45, 2.75) is 33.8 Å². The molecule has 1 aromatic carbocycles. The van der Waals surface area contributed by atoms with Gasteiger partial charge in [-0.05, 0) is 44.9 Å². The highest BCUT2D eigenvalue weighted by Gasteiger charge is 2.17. The van der Waals surface area contributed by atoms with Crippen LogP contribution in [0, 0.1) is 20.8 Å². The van der Waals surface area contributed by atoms with Crippen molar-refractivity contribution in [3.8, 4) is 5.75 Å². The smallest absolute Gasteiger partial charge is 0.346 e. The third kappa shape index (κ3) is 2.74. The van der Waals surface area contributed by atoms with E-state index in [0.717, 1.165) is 27.7 Å². The van der Waals surface area contributed by atoms with Crippen LogP contribution in [0.2, 0.25) is 0 Å². The Hall–Kier alpha value is -2.10. The van der Waals surface area contributed by atoms with E-state index in [2.05, 4.69) is 11.1 Å². The summed E-state index contributed by atoms with van der Waals surface area (Å²) in [5.41, 5.74) is 4.00. The molecule has 0 fully saturated rings. The average Bonchev–Trinajstić information content (AvgIpc) is 2.39. The molecule has 2 rings (SSSR count). The second kappa shape index (κ2) is 5.49. The number of methoxy groups -OCH3 is 1. The minimum atomic E-state index is -0.647. The molecule has 0 aliphatic rings. The van der Waals surface area contributed by atoms with Crippen molar-refractivity contribution >= 4 is 16.9 Å². The Balaban J connectivity index is 2.55. The summed E-state index contributed by atoms with van der Waals surface area (Å²) in [6.45, 7) is 7.64. The molecule has 2 aromatic rings. The summed E-state index contributed by atoms with van der Waals surface area (Å²) in [6, 6.07) is 5.96. The van der Waals surface area contributed by atoms with E-state index in [1.165, 1.54) is 7.11 Å². The highest BCUT2D eigenvalue weighted by atomic mass is 16.6. The van der Waals surface area contributed by atoms with Gasteiger partial charge in [0.1, 0.15) is 5.75 Å². The van der Waals surface area contributed by atoms with Gasteiger partial charge in [0.2, 0.25) is 0 Å². The van der Waals surface area contributed by atoms with E-state index < -0.39 is 12.1 Å². The lowest BCUT2D eigenvalue weighted by Gasteiger charge is -2.16. The molecule has 0 aliphatic carbocycles. The second-order valence-electron chi connectivity index (χ2n) is 5.02. The van der Waals surface area contributed by atoms with Gasteiger partial charge in [-0.2, -0.15) is 0 Å². The van der Waals surface area contributed by atoms with Crippen LogP contribution in [0.4, 0.5) is 0 Å². The van der Waals surface area contributed by atoms with E-state index in [-0.39, 0.29) is 0 Å². The molecule has 1 aromatic heterocycles. The van der Waals surface area contributed by atoms with E-state index in [0.29, 0.717) is 5.75 Å². The normalized spacial score (nSPS) is 12.2. The zero-order chi connectivity index (χ0) is 14.9. The highest BCUT2D eigenvalue weighted by Crippen LogP contribution is 2.29. The van der Waals surface area contributed by atoms with Crippen LogP contribution in [-0.2, 0) is 9.53 Å². The van der Waals surface area contributed by atoms with Gasteiger partial charge >= 0.3 is 5.97 Å². The molecule has 1 atom stereocenters. The number of hydrogen-bond acceptors (Lipinski definition) is 4. The quantitative estimate of drug-likeness (QED) is 0.806. The van der Waals surface area contributed by atoms with Crippen molar-refractivity contribution in [1.29, 1.82) is 0 Å². The molecule has 0 radical (unpaired) electrons. The van der Waals surface area contributed by atoms with Crippen molar-refractivity contribution in [3.05, 3.63) is 35.0 Å². The van der Waals surface area contributed by atoms with Gasteiger partial charge in [0, 0.05) is 17.1 Å². The van der Waals surface area contributed by atoms with Gasteiger partial charge in [0.05, 0.1) is 12.6 Å². The topological polar surface area (TPSA) is 48.4 Å². The lowest BCUT2D eigenvalue weighted by Crippen LogP contribution is -2.25. The van der Waals surface area contributed by atoms with Crippen molar-refractivity contribution in [2.75, 3.05) is 7.11 Å². The molecule has 106 valence electrons. The van der Waals surface area contributed by atoms with Gasteiger partial charge < -0.3 is 9.47 Å². The number of aromatic nitrogens is 1. The molecule has 0 N–H and O–H groups in total. The lowest BCUT2D eigenvalue weighted by molar-refractivity contribution is -0.147. The van der Waals surface area contributed by atoms with Crippen LogP contribution < -0.4 is 4.74 Å². The van der Waals surface area contributed by atoms with E-state index in [9.17, 15) is 4.79 Å². The fourth-order valence-corrected chi connectivity index (χ4v) is 2.27. The molecule has 0 saturated heterocycles. The number of carbonyl (C=O) groups is 1. The molecule has 20 heavy (non-hydrogen) atoms. The number of hydrogen-bond donors (Lipinski definition) is 0. The highest BCUT2D eigenvalue weighted by molar-refractivity contribution is 5.89. The molecule has 0 saturated carbocycles. The Kier molecular flexibility index (Phi) is 3.93. The first-order chi connectivity index (χ1) is 9.42. The maximum absolute atomic E-state index is 11.5. The molecule has 4 heteroatoms. The maximum Gasteiger partial charge on any atom is 0.346 e. The number of ether oxygens (including phenoxy) is 2. The number of fused-ring (bicyclic) bond motifs is 1. The van der Waals surface area contributed by atoms with Crippen LogP contribution in [0.25, 0.3) is 10.9 Å². The predicted octanol–water partition coefficient (Wildman–Crippen LogP) is 3.10. The maximum atomic E-state index is 11.5. The number of benzene rings is 1. The van der Waals surface area contributed by atoms with E-state index >= 15 is 0 Å². The zero-order valence-corrected chi connectivity index (χ0v) is 12.5. The molecule has 1 unspecified atom stereocenters. The van der Waals surface area contributed by atoms with Crippen LogP contribution >= 0.6 is 0 Å². The van der Waals surface area contributed by atoms with Gasteiger partial charge in [-0.25, -0.2) is 4.79 Å². The summed E-state index contributed by atoms with van der Waals surface area (Å²) >= 11 is 0. The van der Waals surface area contributed by atoms with Crippen LogP contribution in [0.3, 0.4) is 0 Å². The summed E-state index contributed by atoms with van der Waals surface area (Å²) < 4.78 is 10.5. The summed E-state index contributed by atoms with van der Waals surface area (Å²) in [5.74, 6) is 0.272. The molecule has 0 aliphatic heterocycles. The molecule has 4 nitrogen and oxygen atoms in total. The standard InChI is InChI=1S/C16H19NO3/c1-9-6-10(2)15-13(7-9)14(8-11(3)17-15)20-12(4)16(18)19-5/h6-8,12H,1-5H3. The number of nitrogens with zero attached hydrogens (tertiary/aromatic N) is 1. The van der Waals surface area contributed by atoms with Crippen molar-refractivity contribution in [3.63, 3.8) is 0 Å². The Labute approximate surface area is 118 Å². The zero-order valence-electron chi connectivity index (χ0n) is 12.5. The van der Waals surface area contributed by atoms with Crippen LogP contribution in [-0.4, -0.2) is 24.2 Å². The molecule has 0 amide bonds. The minimum Gasteiger partial charge on any atom is -0.478 e. The van der Waals surface area contributed by atoms with Gasteiger partial charge in [-0.15, -0.1) is 0 Å². The first-order valence-electron chi connectivity index (χ1n) is 6.55. The van der Waals surface area contributed by atoms with Crippen molar-refractivity contribution in [2.24, 2.45) is 0 Å². The largest absolute Gasteiger partial charge is 0.478 e. The lowest BCUT2D eigenvalue weighted by atomic mass is 10.1. The number of rotatable bonds is 3. The molecular formula is C16H19NO3. The average molecular weight is 273 g/mol. The summed E-state index contributed by atoms with van der Waals surface area (Å²) in [5, 5.41) is 0.920. The van der Waals surface area contributed by atoms with Crippen LogP contribution in [0.15, 0.2) is 18.2 Å². The Morgan fingerprint density at radius 2 is 1.90 bits per heavy atom. The third-order valence-electron chi connectivity index (χ3n) is 3.18. The van der Waals surface area contributed by atoms with Crippen LogP contribution in [0.1, 0.15) is 23.7 Å². The molecule has 0 bridgehead atoms. The van der Waals surface area contributed by atoms with Crippen molar-refractivity contribution < 1.29 is 14.3 Å². The predicted molar refractivity (Wildman–Crippen MR) is 78.1 cm³/mol. The molecule has 1 heterocycles. The number of carbonyl (C=O) groups excluding carboxylic acids is 1. The van der Waals surface area contributed by atoms with E-state index in [1.54, 1.807) is 6.92 Å². The number of aryl methyl sites for hydroxylation is 3. The van der Waals surface area contributed by atoms with Crippen LogP contribution in [0.5, 0.6) is 5.75 Å². The van der Waals surface area contributed by atoms with Gasteiger partial charge in [-0.1, -0.05) is 6.07 Å². The number of esters is 1. The molecular weight excluding hydrogens is 254 g/mol. The number of pyridine rings is 1. The van der Waals surface area contributed by atoms with Gasteiger partial charge in [0.15, 0.2) is 6.10 Å². The first-order valence-corrected chi connectivity index (χ1v) is 6.55. The van der Waals surface area contributed by atoms with Crippen molar-refractivity contribution in [1.82, 2.24) is 4.98 Å². The molecule has 0 spiro atoms. The fraction of sp³-hybridized carbons (Fsp3) is 0.375. The fourth-order valence-electron chi connectivity index (χ4n) is 2.27. The Bertz CT molecular complexity index is 664. The summed E-state index contributed by atoms with van der Waals surface area (Å²) in [7, 11) is 1.35. The van der Waals surface area contributed by atoms with Gasteiger partial charge in [-0.3, -0.25) is 4.98 Å². The van der Waals surface area contributed by atoms with Gasteiger partial charge in [0.25, 0.3) is 0 Å².